The van der Waals surface area contributed by atoms with E-state index in [4.69, 9.17) is 9.15 Å². The Hall–Kier alpha value is -2.57. The summed E-state index contributed by atoms with van der Waals surface area (Å²) in [6.07, 6.45) is 4.51. The fourth-order valence-electron chi connectivity index (χ4n) is 5.41. The van der Waals surface area contributed by atoms with E-state index in [1.807, 2.05) is 18.2 Å². The first-order valence-corrected chi connectivity index (χ1v) is 12.7. The lowest BCUT2D eigenvalue weighted by atomic mass is 9.81. The predicted molar refractivity (Wildman–Crippen MR) is 130 cm³/mol. The number of piperidine rings is 3. The van der Waals surface area contributed by atoms with Crippen LogP contribution in [0.3, 0.4) is 0 Å². The van der Waals surface area contributed by atoms with Crippen molar-refractivity contribution in [2.24, 2.45) is 5.92 Å². The maximum Gasteiger partial charge on any atom is 0.274 e. The van der Waals surface area contributed by atoms with Gasteiger partial charge in [-0.25, -0.2) is 4.98 Å². The van der Waals surface area contributed by atoms with Gasteiger partial charge in [-0.1, -0.05) is 29.4 Å². The second-order valence-electron chi connectivity index (χ2n) is 9.32. The molecule has 9 heteroatoms. The molecular weight excluding hydrogens is 486 g/mol. The first-order chi connectivity index (χ1) is 16.5. The molecule has 3 saturated heterocycles. The van der Waals surface area contributed by atoms with Gasteiger partial charge in [0.1, 0.15) is 0 Å². The number of nitrogens with one attached hydrogen (secondary N) is 1. The normalized spacial score (nSPS) is 24.6. The van der Waals surface area contributed by atoms with E-state index in [1.165, 1.54) is 6.26 Å². The van der Waals surface area contributed by atoms with Gasteiger partial charge in [0.2, 0.25) is 0 Å². The smallest absolute Gasteiger partial charge is 0.274 e. The first kappa shape index (κ1) is 25.5. The number of hydrogen-bond donors (Lipinski definition) is 2. The molecule has 1 amide bonds. The molecule has 0 spiro atoms. The number of thiazole rings is 1. The van der Waals surface area contributed by atoms with Crippen LogP contribution in [0.4, 0.5) is 0 Å². The molecule has 3 fully saturated rings. The van der Waals surface area contributed by atoms with Gasteiger partial charge in [0, 0.05) is 19.3 Å². The van der Waals surface area contributed by atoms with Gasteiger partial charge in [-0.2, -0.15) is 0 Å². The largest absolute Gasteiger partial charge is 1.00 e. The number of aliphatic hydroxyl groups is 1. The molecule has 0 saturated carbocycles. The molecular formula is C26H30ClN3O4S. The highest BCUT2D eigenvalue weighted by atomic mass is 35.5. The van der Waals surface area contributed by atoms with E-state index in [0.29, 0.717) is 12.5 Å². The van der Waals surface area contributed by atoms with Crippen molar-refractivity contribution in [1.29, 1.82) is 0 Å². The Morgan fingerprint density at radius 3 is 2.83 bits per heavy atom. The number of carbonyl (C=O) groups is 1. The van der Waals surface area contributed by atoms with E-state index in [2.05, 4.69) is 28.2 Å². The minimum Gasteiger partial charge on any atom is -1.00 e. The number of halogens is 1. The third kappa shape index (κ3) is 5.19. The van der Waals surface area contributed by atoms with Crippen molar-refractivity contribution in [1.82, 2.24) is 10.3 Å². The molecule has 2 atom stereocenters. The first-order valence-electron chi connectivity index (χ1n) is 11.9. The quantitative estimate of drug-likeness (QED) is 0.256. The molecule has 3 aliphatic heterocycles. The van der Waals surface area contributed by atoms with Crippen molar-refractivity contribution < 1.29 is 35.9 Å². The molecule has 2 bridgehead atoms. The summed E-state index contributed by atoms with van der Waals surface area (Å²) < 4.78 is 13.4. The number of hydrogen-bond acceptors (Lipinski definition) is 6. The Morgan fingerprint density at radius 1 is 1.31 bits per heavy atom. The number of carbonyl (C=O) groups excluding carboxylic acids is 1. The van der Waals surface area contributed by atoms with Gasteiger partial charge >= 0.3 is 0 Å². The highest BCUT2D eigenvalue weighted by Crippen LogP contribution is 2.35. The summed E-state index contributed by atoms with van der Waals surface area (Å²) in [5.74, 6) is 5.39. The molecule has 0 radical (unpaired) electrons. The zero-order valence-electron chi connectivity index (χ0n) is 19.7. The molecule has 6 rings (SSSR count). The van der Waals surface area contributed by atoms with Gasteiger partial charge in [0.05, 0.1) is 55.3 Å². The SMILES string of the molecule is CC#CC(O)(C(=O)N[C@H]1C[N+]2(CCCOc3nc4ccccc4s3)CCC1CC2)c1ccco1.[Cl-]. The summed E-state index contributed by atoms with van der Waals surface area (Å²) in [6.45, 7) is 6.34. The maximum atomic E-state index is 13.1. The van der Waals surface area contributed by atoms with Crippen LogP contribution < -0.4 is 22.5 Å². The highest BCUT2D eigenvalue weighted by Gasteiger charge is 2.48. The molecule has 3 aliphatic rings. The van der Waals surface area contributed by atoms with Crippen molar-refractivity contribution in [3.8, 4) is 17.0 Å². The molecule has 1 unspecified atom stereocenters. The second-order valence-corrected chi connectivity index (χ2v) is 10.3. The molecule has 7 nitrogen and oxygen atoms in total. The molecule has 1 aromatic carbocycles. The lowest BCUT2D eigenvalue weighted by Gasteiger charge is -2.53. The van der Waals surface area contributed by atoms with Crippen molar-refractivity contribution in [3.63, 3.8) is 0 Å². The molecule has 2 N–H and O–H groups in total. The van der Waals surface area contributed by atoms with Crippen LogP contribution in [0.25, 0.3) is 10.2 Å². The number of rotatable bonds is 8. The monoisotopic (exact) mass is 515 g/mol. The number of nitrogens with zero attached hydrogens (tertiary/aromatic N) is 2. The average molecular weight is 516 g/mol. The van der Waals surface area contributed by atoms with Gasteiger partial charge in [-0.3, -0.25) is 4.79 Å². The lowest BCUT2D eigenvalue weighted by Crippen LogP contribution is -3.00. The Bertz CT molecular complexity index is 1180. The Morgan fingerprint density at radius 2 is 2.11 bits per heavy atom. The summed E-state index contributed by atoms with van der Waals surface area (Å²) in [6, 6.07) is 11.3. The van der Waals surface area contributed by atoms with Crippen molar-refractivity contribution >= 4 is 27.5 Å². The standard InChI is InChI=1S/C26H29N3O4S.ClH/c1-2-12-26(31,23-9-5-16-32-23)24(30)27-21-18-29(14-10-19(21)11-15-29)13-6-17-33-25-28-20-7-3-4-8-22(20)34-25;/h3-5,7-9,16,19,21,31H,6,10-11,13-15,17-18H2,1H3;1H/t19?,21-,26?,29?;/m0./s1. The molecule has 35 heavy (non-hydrogen) atoms. The van der Waals surface area contributed by atoms with Crippen LogP contribution >= 0.6 is 11.3 Å². The van der Waals surface area contributed by atoms with E-state index in [0.717, 1.165) is 65.3 Å². The number of ether oxygens (including phenoxy) is 1. The Kier molecular flexibility index (Phi) is 7.72. The van der Waals surface area contributed by atoms with Crippen LogP contribution in [-0.4, -0.2) is 59.3 Å². The number of fused-ring (bicyclic) bond motifs is 4. The maximum absolute atomic E-state index is 13.1. The van der Waals surface area contributed by atoms with Crippen LogP contribution in [0.2, 0.25) is 0 Å². The average Bonchev–Trinajstić information content (AvgIpc) is 3.53. The summed E-state index contributed by atoms with van der Waals surface area (Å²) in [4.78, 5) is 17.7. The summed E-state index contributed by atoms with van der Waals surface area (Å²) in [5, 5.41) is 14.9. The van der Waals surface area contributed by atoms with Crippen LogP contribution in [0.5, 0.6) is 5.19 Å². The highest BCUT2D eigenvalue weighted by molar-refractivity contribution is 7.20. The van der Waals surface area contributed by atoms with Crippen molar-refractivity contribution in [3.05, 3.63) is 48.4 Å². The van der Waals surface area contributed by atoms with Crippen molar-refractivity contribution in [2.45, 2.75) is 37.8 Å². The fraction of sp³-hybridized carbons (Fsp3) is 0.462. The molecule has 186 valence electrons. The van der Waals surface area contributed by atoms with Gasteiger partial charge in [0.25, 0.3) is 16.7 Å². The molecule has 0 aliphatic carbocycles. The summed E-state index contributed by atoms with van der Waals surface area (Å²) in [5.41, 5.74) is -0.997. The van der Waals surface area contributed by atoms with Crippen LogP contribution in [0, 0.1) is 17.8 Å². The van der Waals surface area contributed by atoms with Crippen molar-refractivity contribution in [2.75, 3.05) is 32.8 Å². The minimum atomic E-state index is -1.97. The van der Waals surface area contributed by atoms with Gasteiger partial charge < -0.3 is 36.5 Å². The minimum absolute atomic E-state index is 0. The predicted octanol–water partition coefficient (Wildman–Crippen LogP) is 0.298. The fourth-order valence-corrected chi connectivity index (χ4v) is 6.25. The number of furan rings is 1. The van der Waals surface area contributed by atoms with Gasteiger partial charge in [0.15, 0.2) is 5.76 Å². The van der Waals surface area contributed by atoms with E-state index in [1.54, 1.807) is 30.4 Å². The zero-order chi connectivity index (χ0) is 23.6. The van der Waals surface area contributed by atoms with Crippen LogP contribution in [-0.2, 0) is 10.4 Å². The van der Waals surface area contributed by atoms with Gasteiger partial charge in [-0.05, 0) is 37.1 Å². The summed E-state index contributed by atoms with van der Waals surface area (Å²) >= 11 is 1.58. The summed E-state index contributed by atoms with van der Waals surface area (Å²) in [7, 11) is 0. The number of benzene rings is 1. The molecule has 2 aromatic heterocycles. The zero-order valence-corrected chi connectivity index (χ0v) is 21.3. The Balaban J connectivity index is 0.00000289. The lowest BCUT2D eigenvalue weighted by molar-refractivity contribution is -0.944. The number of aromatic nitrogens is 1. The van der Waals surface area contributed by atoms with E-state index < -0.39 is 11.5 Å². The van der Waals surface area contributed by atoms with Crippen LogP contribution in [0.15, 0.2) is 47.1 Å². The van der Waals surface area contributed by atoms with E-state index in [-0.39, 0.29) is 24.2 Å². The topological polar surface area (TPSA) is 84.6 Å². The number of amides is 1. The Labute approximate surface area is 215 Å². The van der Waals surface area contributed by atoms with E-state index >= 15 is 0 Å². The molecule has 5 heterocycles. The third-order valence-corrected chi connectivity index (χ3v) is 8.16. The third-order valence-electron chi connectivity index (χ3n) is 7.21. The molecule has 3 aromatic rings. The van der Waals surface area contributed by atoms with Crippen LogP contribution in [0.1, 0.15) is 31.9 Å². The second kappa shape index (κ2) is 10.6. The number of para-hydroxylation sites is 1. The number of quaternary nitrogens is 1. The van der Waals surface area contributed by atoms with Gasteiger partial charge in [-0.15, -0.1) is 5.92 Å². The van der Waals surface area contributed by atoms with E-state index in [9.17, 15) is 9.90 Å².